The van der Waals surface area contributed by atoms with Crippen LogP contribution < -0.4 is 9.64 Å². The number of aliphatic hydroxyl groups is 1. The maximum Gasteiger partial charge on any atom is 0.450 e. The summed E-state index contributed by atoms with van der Waals surface area (Å²) in [4.78, 5) is 24.0. The number of rotatable bonds is 2. The number of anilines is 1. The number of ether oxygens (including phenoxy) is 2. The Morgan fingerprint density at radius 2 is 1.66 bits per heavy atom. The molecule has 2 rings (SSSR count). The van der Waals surface area contributed by atoms with E-state index < -0.39 is 52.7 Å². The Balaban J connectivity index is 2.83. The van der Waals surface area contributed by atoms with Gasteiger partial charge in [0.2, 0.25) is 5.78 Å². The van der Waals surface area contributed by atoms with Crippen molar-refractivity contribution in [2.45, 2.75) is 50.4 Å². The van der Waals surface area contributed by atoms with Gasteiger partial charge in [0, 0.05) is 0 Å². The number of carbonyl (C=O) groups is 2. The third-order valence-electron chi connectivity index (χ3n) is 4.06. The van der Waals surface area contributed by atoms with E-state index in [4.69, 9.17) is 9.47 Å². The van der Waals surface area contributed by atoms with Crippen LogP contribution in [0, 0.1) is 0 Å². The quantitative estimate of drug-likeness (QED) is 0.722. The summed E-state index contributed by atoms with van der Waals surface area (Å²) in [6, 6.07) is 2.62. The van der Waals surface area contributed by atoms with Gasteiger partial charge in [0.25, 0.3) is 5.72 Å². The number of methoxy groups -OCH3 is 1. The predicted octanol–water partition coefficient (Wildman–Crippen LogP) is 3.92. The molecule has 2 atom stereocenters. The van der Waals surface area contributed by atoms with Crippen LogP contribution in [-0.2, 0) is 9.53 Å². The lowest BCUT2D eigenvalue weighted by Crippen LogP contribution is -2.64. The average molecular weight is 429 g/mol. The molecule has 1 aliphatic heterocycles. The highest BCUT2D eigenvalue weighted by Crippen LogP contribution is 2.56. The van der Waals surface area contributed by atoms with Gasteiger partial charge in [-0.2, -0.15) is 26.3 Å². The van der Waals surface area contributed by atoms with Crippen molar-refractivity contribution in [3.63, 3.8) is 0 Å². The van der Waals surface area contributed by atoms with Crippen LogP contribution in [0.4, 0.5) is 36.8 Å². The second-order valence-electron chi connectivity index (χ2n) is 7.26. The van der Waals surface area contributed by atoms with Crippen molar-refractivity contribution in [3.05, 3.63) is 23.8 Å². The number of ketones is 1. The van der Waals surface area contributed by atoms with Gasteiger partial charge in [-0.15, -0.1) is 0 Å². The second-order valence-corrected chi connectivity index (χ2v) is 7.26. The average Bonchev–Trinajstić information content (AvgIpc) is 2.79. The number of Topliss-reactive ketones (excluding diaryl/α,β-unsaturated/α-hetero) is 1. The van der Waals surface area contributed by atoms with E-state index in [9.17, 15) is 41.0 Å². The number of benzene rings is 1. The molecule has 0 radical (unpaired) electrons. The minimum Gasteiger partial charge on any atom is -0.497 e. The number of alkyl halides is 6. The number of fused-ring (bicyclic) bond motifs is 1. The molecule has 12 heteroatoms. The number of hydrogen-bond acceptors (Lipinski definition) is 5. The van der Waals surface area contributed by atoms with Gasteiger partial charge < -0.3 is 14.6 Å². The molecule has 0 fully saturated rings. The zero-order chi connectivity index (χ0) is 22.6. The smallest absolute Gasteiger partial charge is 0.450 e. The molecule has 1 aliphatic rings. The zero-order valence-electron chi connectivity index (χ0n) is 15.6. The molecule has 0 saturated heterocycles. The summed E-state index contributed by atoms with van der Waals surface area (Å²) in [5, 5.41) is 10.5. The second kappa shape index (κ2) is 6.78. The molecule has 0 saturated carbocycles. The van der Waals surface area contributed by atoms with Crippen LogP contribution in [0.3, 0.4) is 0 Å². The predicted molar refractivity (Wildman–Crippen MR) is 86.5 cm³/mol. The topological polar surface area (TPSA) is 76.1 Å². The van der Waals surface area contributed by atoms with Crippen molar-refractivity contribution in [3.8, 4) is 5.75 Å². The summed E-state index contributed by atoms with van der Waals surface area (Å²) < 4.78 is 90.6. The van der Waals surface area contributed by atoms with Crippen LogP contribution >= 0.6 is 0 Å². The molecule has 6 nitrogen and oxygen atoms in total. The number of amides is 1. The van der Waals surface area contributed by atoms with E-state index in [1.54, 1.807) is 0 Å². The largest absolute Gasteiger partial charge is 0.497 e. The lowest BCUT2D eigenvalue weighted by molar-refractivity contribution is -0.265. The summed E-state index contributed by atoms with van der Waals surface area (Å²) in [5.41, 5.74) is -7.52. The standard InChI is InChI=1S/C17H17F6NO5/c1-14(2,3)29-13(26)24-10-6-5-8(28-4)7-9(10)11(12(25)16(18,19)20)15(24,27)17(21,22)23/h5-7,11,27H,1-4H3. The van der Waals surface area contributed by atoms with Gasteiger partial charge in [-0.3, -0.25) is 4.79 Å². The molecule has 0 bridgehead atoms. The molecule has 1 amide bonds. The van der Waals surface area contributed by atoms with Crippen LogP contribution in [0.2, 0.25) is 0 Å². The maximum absolute atomic E-state index is 13.9. The summed E-state index contributed by atoms with van der Waals surface area (Å²) in [5.74, 6) is -6.25. The summed E-state index contributed by atoms with van der Waals surface area (Å²) in [6.45, 7) is 3.92. The van der Waals surface area contributed by atoms with Crippen molar-refractivity contribution in [2.24, 2.45) is 0 Å². The van der Waals surface area contributed by atoms with E-state index in [2.05, 4.69) is 0 Å². The molecule has 1 N–H and O–H groups in total. The third kappa shape index (κ3) is 3.85. The van der Waals surface area contributed by atoms with Gasteiger partial charge in [0.05, 0.1) is 12.8 Å². The first-order chi connectivity index (χ1) is 12.9. The van der Waals surface area contributed by atoms with Gasteiger partial charge in [0.15, 0.2) is 0 Å². The first kappa shape index (κ1) is 22.8. The molecule has 0 aliphatic carbocycles. The van der Waals surface area contributed by atoms with Gasteiger partial charge in [-0.1, -0.05) is 0 Å². The Bertz CT molecular complexity index is 829. The Hall–Kier alpha value is -2.50. The first-order valence-corrected chi connectivity index (χ1v) is 8.06. The Labute approximate surface area is 161 Å². The van der Waals surface area contributed by atoms with Gasteiger partial charge in [0.1, 0.15) is 17.3 Å². The minimum atomic E-state index is -5.85. The van der Waals surface area contributed by atoms with Crippen LogP contribution in [0.15, 0.2) is 18.2 Å². The Morgan fingerprint density at radius 1 is 1.10 bits per heavy atom. The van der Waals surface area contributed by atoms with E-state index in [0.29, 0.717) is 0 Å². The molecule has 162 valence electrons. The molecular weight excluding hydrogens is 412 g/mol. The maximum atomic E-state index is 13.9. The van der Waals surface area contributed by atoms with E-state index in [1.807, 2.05) is 0 Å². The van der Waals surface area contributed by atoms with Crippen molar-refractivity contribution < 1.29 is 50.5 Å². The molecule has 0 aromatic heterocycles. The fraction of sp³-hybridized carbons (Fsp3) is 0.529. The van der Waals surface area contributed by atoms with Crippen LogP contribution in [-0.4, -0.2) is 47.8 Å². The fourth-order valence-corrected chi connectivity index (χ4v) is 2.95. The number of nitrogens with zero attached hydrogens (tertiary/aromatic N) is 1. The third-order valence-corrected chi connectivity index (χ3v) is 4.06. The van der Waals surface area contributed by atoms with E-state index in [-0.39, 0.29) is 10.6 Å². The van der Waals surface area contributed by atoms with Crippen LogP contribution in [0.1, 0.15) is 32.3 Å². The highest BCUT2D eigenvalue weighted by molar-refractivity contribution is 6.02. The number of halogens is 6. The number of carbonyl (C=O) groups excluding carboxylic acids is 2. The van der Waals surface area contributed by atoms with E-state index in [1.165, 1.54) is 20.8 Å². The lowest BCUT2D eigenvalue weighted by atomic mass is 9.86. The Kier molecular flexibility index (Phi) is 5.33. The molecule has 0 spiro atoms. The van der Waals surface area contributed by atoms with Crippen molar-refractivity contribution >= 4 is 17.6 Å². The SMILES string of the molecule is COc1ccc2c(c1)C(C(=O)C(F)(F)F)C(O)(C(F)(F)F)N2C(=O)OC(C)(C)C. The Morgan fingerprint density at radius 3 is 2.07 bits per heavy atom. The van der Waals surface area contributed by atoms with Gasteiger partial charge in [-0.05, 0) is 44.5 Å². The van der Waals surface area contributed by atoms with Crippen molar-refractivity contribution in [1.29, 1.82) is 0 Å². The minimum absolute atomic E-state index is 0.181. The van der Waals surface area contributed by atoms with E-state index >= 15 is 0 Å². The summed E-state index contributed by atoms with van der Waals surface area (Å²) >= 11 is 0. The number of hydrogen-bond donors (Lipinski definition) is 1. The molecule has 1 heterocycles. The molecular formula is C17H17F6NO5. The summed E-state index contributed by atoms with van der Waals surface area (Å²) in [6.07, 6.45) is -13.4. The fourth-order valence-electron chi connectivity index (χ4n) is 2.95. The zero-order valence-corrected chi connectivity index (χ0v) is 15.6. The van der Waals surface area contributed by atoms with E-state index in [0.717, 1.165) is 25.3 Å². The van der Waals surface area contributed by atoms with Gasteiger partial charge in [-0.25, -0.2) is 9.69 Å². The van der Waals surface area contributed by atoms with Crippen LogP contribution in [0.5, 0.6) is 5.75 Å². The first-order valence-electron chi connectivity index (χ1n) is 8.06. The summed E-state index contributed by atoms with van der Waals surface area (Å²) in [7, 11) is 1.10. The molecule has 2 unspecified atom stereocenters. The van der Waals surface area contributed by atoms with Gasteiger partial charge >= 0.3 is 18.4 Å². The van der Waals surface area contributed by atoms with Crippen molar-refractivity contribution in [1.82, 2.24) is 0 Å². The van der Waals surface area contributed by atoms with Crippen molar-refractivity contribution in [2.75, 3.05) is 12.0 Å². The highest BCUT2D eigenvalue weighted by atomic mass is 19.4. The normalized spacial score (nSPS) is 22.3. The van der Waals surface area contributed by atoms with Crippen LogP contribution in [0.25, 0.3) is 0 Å². The molecule has 1 aromatic carbocycles. The molecule has 1 aromatic rings. The molecule has 29 heavy (non-hydrogen) atoms. The lowest BCUT2D eigenvalue weighted by Gasteiger charge is -2.38. The highest BCUT2D eigenvalue weighted by Gasteiger charge is 2.73. The monoisotopic (exact) mass is 429 g/mol.